The molecule has 0 atom stereocenters. The van der Waals surface area contributed by atoms with Crippen molar-refractivity contribution in [2.24, 2.45) is 0 Å². The molecule has 0 unspecified atom stereocenters. The molecule has 1 heterocycles. The quantitative estimate of drug-likeness (QED) is 0.382. The van der Waals surface area contributed by atoms with Gasteiger partial charge in [-0.2, -0.15) is 0 Å². The molecular weight excluding hydrogens is 309 g/mol. The number of hydrogen-bond acceptors (Lipinski definition) is 5. The third kappa shape index (κ3) is 5.13. The van der Waals surface area contributed by atoms with Crippen LogP contribution in [0.2, 0.25) is 0 Å². The fourth-order valence-electron chi connectivity index (χ4n) is 1.34. The van der Waals surface area contributed by atoms with Gasteiger partial charge in [0.2, 0.25) is 11.0 Å². The van der Waals surface area contributed by atoms with Gasteiger partial charge in [0, 0.05) is 11.8 Å². The summed E-state index contributed by atoms with van der Waals surface area (Å²) >= 11 is 2.80. The molecule has 0 aliphatic carbocycles. The molecule has 0 saturated heterocycles. The fourth-order valence-corrected chi connectivity index (χ4v) is 2.86. The van der Waals surface area contributed by atoms with Crippen molar-refractivity contribution >= 4 is 40.2 Å². The van der Waals surface area contributed by atoms with Crippen LogP contribution in [0.15, 0.2) is 47.3 Å². The van der Waals surface area contributed by atoms with Crippen LogP contribution in [0.4, 0.5) is 9.52 Å². The van der Waals surface area contributed by atoms with Crippen molar-refractivity contribution in [3.05, 3.63) is 54.4 Å². The number of anilines is 1. The van der Waals surface area contributed by atoms with Gasteiger partial charge in [0.25, 0.3) is 0 Å². The molecule has 2 aromatic rings. The lowest BCUT2D eigenvalue weighted by Crippen LogP contribution is -2.07. The molecule has 0 saturated carbocycles. The van der Waals surface area contributed by atoms with Crippen LogP contribution in [0.1, 0.15) is 5.56 Å². The van der Waals surface area contributed by atoms with E-state index < -0.39 is 0 Å². The molecule has 4 nitrogen and oxygen atoms in total. The Morgan fingerprint density at radius 1 is 1.38 bits per heavy atom. The smallest absolute Gasteiger partial charge is 0.250 e. The van der Waals surface area contributed by atoms with Crippen molar-refractivity contribution in [3.8, 4) is 0 Å². The number of benzene rings is 1. The summed E-state index contributed by atoms with van der Waals surface area (Å²) < 4.78 is 13.5. The Morgan fingerprint density at radius 2 is 2.14 bits per heavy atom. The SMILES string of the molecule is C=CCSc1nnc(NC(=O)C=Cc2ccc(F)cc2)s1. The fraction of sp³-hybridized carbons (Fsp3) is 0.0714. The van der Waals surface area contributed by atoms with E-state index in [9.17, 15) is 9.18 Å². The monoisotopic (exact) mass is 321 g/mol. The van der Waals surface area contributed by atoms with E-state index in [-0.39, 0.29) is 11.7 Å². The number of halogens is 1. The first-order valence-electron chi connectivity index (χ1n) is 5.99. The summed E-state index contributed by atoms with van der Waals surface area (Å²) in [4.78, 5) is 11.7. The van der Waals surface area contributed by atoms with Crippen molar-refractivity contribution in [1.82, 2.24) is 10.2 Å². The number of amides is 1. The molecule has 0 aliphatic rings. The Morgan fingerprint density at radius 3 is 2.86 bits per heavy atom. The van der Waals surface area contributed by atoms with Crippen molar-refractivity contribution in [2.75, 3.05) is 11.1 Å². The van der Waals surface area contributed by atoms with E-state index in [1.165, 1.54) is 41.3 Å². The van der Waals surface area contributed by atoms with Crippen LogP contribution in [0.25, 0.3) is 6.08 Å². The van der Waals surface area contributed by atoms with Crippen LogP contribution in [-0.2, 0) is 4.79 Å². The maximum absolute atomic E-state index is 12.7. The van der Waals surface area contributed by atoms with Gasteiger partial charge in [-0.3, -0.25) is 10.1 Å². The number of carbonyl (C=O) groups is 1. The highest BCUT2D eigenvalue weighted by molar-refractivity contribution is 8.01. The molecule has 0 aliphatic heterocycles. The second-order valence-electron chi connectivity index (χ2n) is 3.85. The van der Waals surface area contributed by atoms with Gasteiger partial charge in [-0.1, -0.05) is 41.3 Å². The van der Waals surface area contributed by atoms with E-state index in [4.69, 9.17) is 0 Å². The van der Waals surface area contributed by atoms with Gasteiger partial charge >= 0.3 is 0 Å². The Labute approximate surface area is 129 Å². The van der Waals surface area contributed by atoms with Gasteiger partial charge in [0.05, 0.1) is 0 Å². The lowest BCUT2D eigenvalue weighted by molar-refractivity contribution is -0.111. The molecule has 0 radical (unpaired) electrons. The molecule has 108 valence electrons. The number of thioether (sulfide) groups is 1. The maximum Gasteiger partial charge on any atom is 0.250 e. The van der Waals surface area contributed by atoms with Crippen LogP contribution in [0.5, 0.6) is 0 Å². The zero-order valence-electron chi connectivity index (χ0n) is 11.0. The molecule has 0 bridgehead atoms. The van der Waals surface area contributed by atoms with E-state index in [0.717, 1.165) is 15.7 Å². The average Bonchev–Trinajstić information content (AvgIpc) is 2.92. The molecule has 21 heavy (non-hydrogen) atoms. The molecule has 7 heteroatoms. The number of hydrogen-bond donors (Lipinski definition) is 1. The topological polar surface area (TPSA) is 54.9 Å². The summed E-state index contributed by atoms with van der Waals surface area (Å²) in [7, 11) is 0. The highest BCUT2D eigenvalue weighted by atomic mass is 32.2. The minimum Gasteiger partial charge on any atom is -0.297 e. The number of rotatable bonds is 6. The third-order valence-electron chi connectivity index (χ3n) is 2.26. The zero-order valence-corrected chi connectivity index (χ0v) is 12.6. The van der Waals surface area contributed by atoms with Crippen LogP contribution < -0.4 is 5.32 Å². The lowest BCUT2D eigenvalue weighted by Gasteiger charge is -1.95. The van der Waals surface area contributed by atoms with Crippen LogP contribution in [-0.4, -0.2) is 21.9 Å². The molecule has 1 N–H and O–H groups in total. The number of aromatic nitrogens is 2. The van der Waals surface area contributed by atoms with Gasteiger partial charge in [-0.05, 0) is 23.8 Å². The largest absolute Gasteiger partial charge is 0.297 e. The lowest BCUT2D eigenvalue weighted by atomic mass is 10.2. The minimum atomic E-state index is -0.310. The summed E-state index contributed by atoms with van der Waals surface area (Å²) in [6, 6.07) is 5.86. The Balaban J connectivity index is 1.90. The summed E-state index contributed by atoms with van der Waals surface area (Å²) in [6.45, 7) is 3.62. The second kappa shape index (κ2) is 7.70. The molecule has 1 aromatic carbocycles. The second-order valence-corrected chi connectivity index (χ2v) is 6.09. The van der Waals surface area contributed by atoms with Crippen LogP contribution in [0, 0.1) is 5.82 Å². The van der Waals surface area contributed by atoms with Crippen molar-refractivity contribution in [1.29, 1.82) is 0 Å². The van der Waals surface area contributed by atoms with Gasteiger partial charge in [0.1, 0.15) is 5.82 Å². The number of carbonyl (C=O) groups excluding carboxylic acids is 1. The third-order valence-corrected chi connectivity index (χ3v) is 4.23. The molecule has 0 fully saturated rings. The predicted molar refractivity (Wildman–Crippen MR) is 84.9 cm³/mol. The highest BCUT2D eigenvalue weighted by Crippen LogP contribution is 2.25. The van der Waals surface area contributed by atoms with Gasteiger partial charge in [-0.15, -0.1) is 16.8 Å². The van der Waals surface area contributed by atoms with E-state index in [2.05, 4.69) is 22.1 Å². The average molecular weight is 321 g/mol. The van der Waals surface area contributed by atoms with Gasteiger partial charge < -0.3 is 0 Å². The first-order chi connectivity index (χ1) is 10.2. The number of nitrogens with zero attached hydrogens (tertiary/aromatic N) is 2. The highest BCUT2D eigenvalue weighted by Gasteiger charge is 2.06. The molecular formula is C14H12FN3OS2. The summed E-state index contributed by atoms with van der Waals surface area (Å²) in [5, 5.41) is 10.9. The first-order valence-corrected chi connectivity index (χ1v) is 7.79. The standard InChI is InChI=1S/C14H12FN3OS2/c1-2-9-20-14-18-17-13(21-14)16-12(19)8-5-10-3-6-11(15)7-4-10/h2-8H,1,9H2,(H,16,17,19). The minimum absolute atomic E-state index is 0.309. The van der Waals surface area contributed by atoms with Crippen LogP contribution in [0.3, 0.4) is 0 Å². The van der Waals surface area contributed by atoms with Crippen molar-refractivity contribution in [2.45, 2.75) is 4.34 Å². The van der Waals surface area contributed by atoms with Crippen molar-refractivity contribution in [3.63, 3.8) is 0 Å². The van der Waals surface area contributed by atoms with Crippen LogP contribution >= 0.6 is 23.1 Å². The molecule has 1 amide bonds. The summed E-state index contributed by atoms with van der Waals surface area (Å²) in [6.07, 6.45) is 4.74. The maximum atomic E-state index is 12.7. The summed E-state index contributed by atoms with van der Waals surface area (Å²) in [5.41, 5.74) is 0.742. The first kappa shape index (κ1) is 15.4. The van der Waals surface area contributed by atoms with Gasteiger partial charge in [-0.25, -0.2) is 4.39 Å². The Hall–Kier alpha value is -1.99. The Bertz CT molecular complexity index is 652. The molecule has 1 aromatic heterocycles. The van der Waals surface area contributed by atoms with E-state index in [1.54, 1.807) is 24.3 Å². The van der Waals surface area contributed by atoms with E-state index in [1.807, 2.05) is 0 Å². The van der Waals surface area contributed by atoms with Gasteiger partial charge in [0.15, 0.2) is 4.34 Å². The molecule has 0 spiro atoms. The predicted octanol–water partition coefficient (Wildman–Crippen LogP) is 3.61. The molecule has 2 rings (SSSR count). The number of nitrogens with one attached hydrogen (secondary N) is 1. The summed E-state index contributed by atoms with van der Waals surface area (Å²) in [5.74, 6) is 0.123. The van der Waals surface area contributed by atoms with E-state index in [0.29, 0.717) is 5.13 Å². The Kier molecular flexibility index (Phi) is 5.65. The zero-order chi connectivity index (χ0) is 15.1. The normalized spacial score (nSPS) is 10.7. The van der Waals surface area contributed by atoms with Crippen molar-refractivity contribution < 1.29 is 9.18 Å². The van der Waals surface area contributed by atoms with E-state index >= 15 is 0 Å².